The van der Waals surface area contributed by atoms with E-state index in [0.717, 1.165) is 135 Å². The largest absolute Gasteiger partial charge is 0.462 e. The third kappa shape index (κ3) is 69.8. The molecule has 0 aromatic carbocycles. The Hall–Kier alpha value is -4.74. The number of allylic oxidation sites excluding steroid dienone is 28. The smallest absolute Gasteiger partial charge is 0.306 e. The van der Waals surface area contributed by atoms with Gasteiger partial charge in [-0.05, 0) is 128 Å². The SMILES string of the molecule is CC/C=C\C/C=C\C/C=C\C/C=C\C/C=C\C/C=C\C/C=C\CCCCCCCCCCCCCCCCCCCCCC(=O)OC(CO)COC(=O)CCCCCCCCC/C=C\C/C=C\C/C=C\C/C=C\C/C=C\C/C=C\C/C=C\CC. The lowest BCUT2D eigenvalue weighted by atomic mass is 10.0. The monoisotopic (exact) mass is 1160 g/mol. The van der Waals surface area contributed by atoms with Crippen LogP contribution in [0.5, 0.6) is 0 Å². The molecule has 1 N–H and O–H groups in total. The van der Waals surface area contributed by atoms with E-state index in [1.54, 1.807) is 0 Å². The van der Waals surface area contributed by atoms with Gasteiger partial charge in [-0.3, -0.25) is 9.59 Å². The fraction of sp³-hybridized carbons (Fsp3) is 0.620. The summed E-state index contributed by atoms with van der Waals surface area (Å²) in [6, 6.07) is 0. The summed E-state index contributed by atoms with van der Waals surface area (Å²) in [6.45, 7) is 3.91. The molecule has 5 nitrogen and oxygen atoms in total. The zero-order valence-electron chi connectivity index (χ0n) is 54.4. The molecule has 84 heavy (non-hydrogen) atoms. The van der Waals surface area contributed by atoms with Crippen molar-refractivity contribution in [3.63, 3.8) is 0 Å². The predicted octanol–water partition coefficient (Wildman–Crippen LogP) is 24.4. The van der Waals surface area contributed by atoms with Crippen molar-refractivity contribution in [2.45, 2.75) is 302 Å². The van der Waals surface area contributed by atoms with E-state index in [4.69, 9.17) is 9.47 Å². The van der Waals surface area contributed by atoms with E-state index in [2.05, 4.69) is 184 Å². The van der Waals surface area contributed by atoms with Crippen molar-refractivity contribution < 1.29 is 24.2 Å². The molecule has 0 bridgehead atoms. The van der Waals surface area contributed by atoms with Crippen LogP contribution in [0, 0.1) is 0 Å². The first kappa shape index (κ1) is 79.3. The highest BCUT2D eigenvalue weighted by atomic mass is 16.6. The van der Waals surface area contributed by atoms with Gasteiger partial charge in [0.15, 0.2) is 6.10 Å². The molecular formula is C79H128O5. The second-order valence-electron chi connectivity index (χ2n) is 22.5. The van der Waals surface area contributed by atoms with Crippen molar-refractivity contribution in [2.24, 2.45) is 0 Å². The lowest BCUT2D eigenvalue weighted by molar-refractivity contribution is -0.161. The van der Waals surface area contributed by atoms with E-state index < -0.39 is 6.10 Å². The Balaban J connectivity index is 3.52. The average molecular weight is 1160 g/mol. The number of aliphatic hydroxyl groups is 1. The Morgan fingerprint density at radius 2 is 0.476 bits per heavy atom. The molecule has 0 fully saturated rings. The van der Waals surface area contributed by atoms with E-state index in [-0.39, 0.29) is 25.2 Å². The van der Waals surface area contributed by atoms with Crippen LogP contribution >= 0.6 is 0 Å². The van der Waals surface area contributed by atoms with Gasteiger partial charge < -0.3 is 14.6 Å². The van der Waals surface area contributed by atoms with E-state index in [9.17, 15) is 14.7 Å². The van der Waals surface area contributed by atoms with E-state index >= 15 is 0 Å². The molecular weight excluding hydrogens is 1030 g/mol. The zero-order valence-corrected chi connectivity index (χ0v) is 54.4. The van der Waals surface area contributed by atoms with Crippen LogP contribution in [-0.4, -0.2) is 36.4 Å². The molecule has 0 saturated carbocycles. The van der Waals surface area contributed by atoms with Gasteiger partial charge in [-0.2, -0.15) is 0 Å². The summed E-state index contributed by atoms with van der Waals surface area (Å²) in [4.78, 5) is 24.6. The quantitative estimate of drug-likeness (QED) is 0.0373. The van der Waals surface area contributed by atoms with Crippen molar-refractivity contribution in [1.29, 1.82) is 0 Å². The first-order chi connectivity index (χ1) is 41.6. The number of ether oxygens (including phenoxy) is 2. The van der Waals surface area contributed by atoms with Crippen LogP contribution in [0.3, 0.4) is 0 Å². The van der Waals surface area contributed by atoms with Crippen LogP contribution in [0.25, 0.3) is 0 Å². The maximum Gasteiger partial charge on any atom is 0.306 e. The summed E-state index contributed by atoms with van der Waals surface area (Å²) < 4.78 is 10.7. The van der Waals surface area contributed by atoms with Crippen LogP contribution in [0.4, 0.5) is 0 Å². The van der Waals surface area contributed by atoms with Gasteiger partial charge in [-0.1, -0.05) is 325 Å². The number of rotatable bonds is 62. The Kier molecular flexibility index (Phi) is 68.4. The highest BCUT2D eigenvalue weighted by molar-refractivity contribution is 5.70. The standard InChI is InChI=1S/C79H128O5/c1-3-5-7-9-11-13-15-17-19-21-23-25-27-29-31-33-34-35-36-37-38-39-40-41-42-43-44-46-48-50-52-54-56-58-60-62-64-66-68-70-72-74-79(82)84-77(75-80)76-83-78(81)73-71-69-67-65-63-61-59-57-55-53-51-49-47-45-32-30-28-26-24-22-20-18-16-14-12-10-8-6-4-2/h5-8,11-14,17-20,23-26,29-32,34-35,37-38,47,49,53,55,77,80H,3-4,9-10,15-16,21-22,27-28,33,36,39-46,48,50-52,54,56-76H2,1-2H3/b7-5-,8-6-,13-11-,14-12-,19-17-,20-18-,25-23-,26-24-,31-29-,32-30-,35-34-,38-37-,49-47-,55-53-. The van der Waals surface area contributed by atoms with Crippen molar-refractivity contribution in [3.8, 4) is 0 Å². The van der Waals surface area contributed by atoms with E-state index in [0.29, 0.717) is 12.8 Å². The van der Waals surface area contributed by atoms with Gasteiger partial charge >= 0.3 is 11.9 Å². The first-order valence-electron chi connectivity index (χ1n) is 34.7. The number of aliphatic hydroxyl groups excluding tert-OH is 1. The Labute approximate surface area is 519 Å². The van der Waals surface area contributed by atoms with Gasteiger partial charge in [0.1, 0.15) is 6.61 Å². The summed E-state index contributed by atoms with van der Waals surface area (Å²) >= 11 is 0. The van der Waals surface area contributed by atoms with Crippen molar-refractivity contribution in [2.75, 3.05) is 13.2 Å². The second kappa shape index (κ2) is 72.5. The van der Waals surface area contributed by atoms with E-state index in [1.165, 1.54) is 135 Å². The maximum atomic E-state index is 12.4. The zero-order chi connectivity index (χ0) is 60.5. The summed E-state index contributed by atoms with van der Waals surface area (Å²) in [6.07, 6.45) is 112. The second-order valence-corrected chi connectivity index (χ2v) is 22.5. The van der Waals surface area contributed by atoms with Gasteiger partial charge in [0, 0.05) is 12.8 Å². The number of carbonyl (C=O) groups excluding carboxylic acids is 2. The Morgan fingerprint density at radius 1 is 0.274 bits per heavy atom. The van der Waals surface area contributed by atoms with Crippen molar-refractivity contribution in [3.05, 3.63) is 170 Å². The van der Waals surface area contributed by atoms with Gasteiger partial charge in [0.05, 0.1) is 6.61 Å². The molecule has 0 rings (SSSR count). The van der Waals surface area contributed by atoms with Gasteiger partial charge in [-0.25, -0.2) is 0 Å². The molecule has 474 valence electrons. The minimum absolute atomic E-state index is 0.0788. The predicted molar refractivity (Wildman–Crippen MR) is 370 cm³/mol. The molecule has 0 saturated heterocycles. The molecule has 0 aliphatic heterocycles. The van der Waals surface area contributed by atoms with Crippen LogP contribution in [0.15, 0.2) is 170 Å². The molecule has 1 unspecified atom stereocenters. The molecule has 0 aliphatic rings. The fourth-order valence-electron chi connectivity index (χ4n) is 9.40. The lowest BCUT2D eigenvalue weighted by Crippen LogP contribution is -2.28. The molecule has 0 spiro atoms. The van der Waals surface area contributed by atoms with Crippen LogP contribution in [-0.2, 0) is 19.1 Å². The number of esters is 2. The fourth-order valence-corrected chi connectivity index (χ4v) is 9.40. The summed E-state index contributed by atoms with van der Waals surface area (Å²) in [5, 5.41) is 9.70. The van der Waals surface area contributed by atoms with Gasteiger partial charge in [0.25, 0.3) is 0 Å². The number of carbonyl (C=O) groups is 2. The third-order valence-electron chi connectivity index (χ3n) is 14.5. The van der Waals surface area contributed by atoms with Crippen molar-refractivity contribution >= 4 is 11.9 Å². The van der Waals surface area contributed by atoms with Gasteiger partial charge in [-0.15, -0.1) is 0 Å². The Bertz CT molecular complexity index is 1840. The molecule has 0 aliphatic carbocycles. The molecule has 0 aromatic rings. The third-order valence-corrected chi connectivity index (χ3v) is 14.5. The molecule has 0 heterocycles. The normalized spacial score (nSPS) is 13.3. The number of hydrogen-bond acceptors (Lipinski definition) is 5. The minimum Gasteiger partial charge on any atom is -0.462 e. The van der Waals surface area contributed by atoms with Crippen LogP contribution < -0.4 is 0 Å². The van der Waals surface area contributed by atoms with Crippen LogP contribution in [0.1, 0.15) is 296 Å². The molecule has 0 amide bonds. The summed E-state index contributed by atoms with van der Waals surface area (Å²) in [7, 11) is 0. The average Bonchev–Trinajstić information content (AvgIpc) is 3.51. The van der Waals surface area contributed by atoms with E-state index in [1.807, 2.05) is 0 Å². The number of unbranched alkanes of at least 4 members (excludes halogenated alkanes) is 26. The molecule has 0 radical (unpaired) electrons. The number of hydrogen-bond donors (Lipinski definition) is 1. The molecule has 5 heteroatoms. The summed E-state index contributed by atoms with van der Waals surface area (Å²) in [5.41, 5.74) is 0. The Morgan fingerprint density at radius 3 is 0.714 bits per heavy atom. The topological polar surface area (TPSA) is 72.8 Å². The van der Waals surface area contributed by atoms with Crippen molar-refractivity contribution in [1.82, 2.24) is 0 Å². The summed E-state index contributed by atoms with van der Waals surface area (Å²) in [5.74, 6) is -0.604. The lowest BCUT2D eigenvalue weighted by Gasteiger charge is -2.15. The molecule has 1 atom stereocenters. The minimum atomic E-state index is -0.788. The van der Waals surface area contributed by atoms with Gasteiger partial charge in [0.2, 0.25) is 0 Å². The highest BCUT2D eigenvalue weighted by Gasteiger charge is 2.16. The molecule has 0 aromatic heterocycles. The van der Waals surface area contributed by atoms with Crippen LogP contribution in [0.2, 0.25) is 0 Å². The maximum absolute atomic E-state index is 12.4. The first-order valence-corrected chi connectivity index (χ1v) is 34.7. The highest BCUT2D eigenvalue weighted by Crippen LogP contribution is 2.17.